The lowest BCUT2D eigenvalue weighted by atomic mass is 10.0. The zero-order valence-electron chi connectivity index (χ0n) is 18.3. The Hall–Kier alpha value is -1.35. The minimum Gasteiger partial charge on any atom is -0.396 e. The summed E-state index contributed by atoms with van der Waals surface area (Å²) in [5.41, 5.74) is 1.85. The number of halogens is 1. The van der Waals surface area contributed by atoms with Crippen LogP contribution in [0.1, 0.15) is 58.9 Å². The van der Waals surface area contributed by atoms with Gasteiger partial charge in [-0.1, -0.05) is 39.3 Å². The van der Waals surface area contributed by atoms with Crippen molar-refractivity contribution in [2.45, 2.75) is 59.9 Å². The van der Waals surface area contributed by atoms with Crippen LogP contribution in [0.25, 0.3) is 0 Å². The van der Waals surface area contributed by atoms with Crippen LogP contribution in [0.2, 0.25) is 0 Å². The molecule has 0 heterocycles. The summed E-state index contributed by atoms with van der Waals surface area (Å²) in [6, 6.07) is 7.83. The molecule has 1 amide bonds. The Balaban J connectivity index is 0.00000784. The van der Waals surface area contributed by atoms with Crippen LogP contribution in [0.15, 0.2) is 29.3 Å². The molecule has 0 aromatic heterocycles. The van der Waals surface area contributed by atoms with Crippen molar-refractivity contribution >= 4 is 41.5 Å². The van der Waals surface area contributed by atoms with E-state index in [4.69, 9.17) is 0 Å². The Kier molecular flexibility index (Phi) is 15.7. The van der Waals surface area contributed by atoms with Crippen molar-refractivity contribution in [2.24, 2.45) is 16.8 Å². The quantitative estimate of drug-likeness (QED) is 0.190. The second-order valence-corrected chi connectivity index (χ2v) is 7.24. The molecule has 0 radical (unpaired) electrons. The first-order chi connectivity index (χ1) is 13.5. The van der Waals surface area contributed by atoms with Crippen molar-refractivity contribution < 1.29 is 9.90 Å². The van der Waals surface area contributed by atoms with Gasteiger partial charge in [0, 0.05) is 31.3 Å². The van der Waals surface area contributed by atoms with E-state index in [1.165, 1.54) is 0 Å². The topological polar surface area (TPSA) is 85.8 Å². The molecule has 0 aliphatic heterocycles. The van der Waals surface area contributed by atoms with Gasteiger partial charge < -0.3 is 21.1 Å². The molecule has 0 saturated heterocycles. The van der Waals surface area contributed by atoms with Crippen LogP contribution in [-0.4, -0.2) is 36.7 Å². The highest BCUT2D eigenvalue weighted by atomic mass is 127. The standard InChI is InChI=1S/C22H38N4O2.HI/c1-5-9-18(12-13-27)15-24-22(23-7-3)25-16-19-10-8-11-20(14-19)26-21(28)17(4)6-2;/h8,10-11,14,17-18,27H,5-7,9,12-13,15-16H2,1-4H3,(H,26,28)(H2,23,24,25);1H. The van der Waals surface area contributed by atoms with Gasteiger partial charge in [-0.25, -0.2) is 4.99 Å². The predicted octanol–water partition coefficient (Wildman–Crippen LogP) is 4.14. The monoisotopic (exact) mass is 518 g/mol. The number of benzene rings is 1. The van der Waals surface area contributed by atoms with Crippen molar-refractivity contribution in [3.63, 3.8) is 0 Å². The second-order valence-electron chi connectivity index (χ2n) is 7.24. The van der Waals surface area contributed by atoms with Crippen LogP contribution in [-0.2, 0) is 11.3 Å². The zero-order valence-corrected chi connectivity index (χ0v) is 20.7. The zero-order chi connectivity index (χ0) is 20.8. The largest absolute Gasteiger partial charge is 0.396 e. The normalized spacial score (nSPS) is 13.2. The molecule has 0 fully saturated rings. The van der Waals surface area contributed by atoms with E-state index >= 15 is 0 Å². The van der Waals surface area contributed by atoms with E-state index in [1.54, 1.807) is 0 Å². The van der Waals surface area contributed by atoms with E-state index in [-0.39, 0.29) is 42.4 Å². The predicted molar refractivity (Wildman–Crippen MR) is 133 cm³/mol. The maximum atomic E-state index is 12.1. The van der Waals surface area contributed by atoms with E-state index < -0.39 is 0 Å². The molecule has 7 heteroatoms. The number of amides is 1. The van der Waals surface area contributed by atoms with Crippen molar-refractivity contribution in [2.75, 3.05) is 25.0 Å². The molecular weight excluding hydrogens is 479 g/mol. The summed E-state index contributed by atoms with van der Waals surface area (Å²) in [4.78, 5) is 16.8. The van der Waals surface area contributed by atoms with Crippen molar-refractivity contribution in [3.05, 3.63) is 29.8 Å². The number of rotatable bonds is 12. The molecule has 6 nitrogen and oxygen atoms in total. The van der Waals surface area contributed by atoms with Crippen LogP contribution in [0.5, 0.6) is 0 Å². The number of guanidine groups is 1. The average Bonchev–Trinajstić information content (AvgIpc) is 2.69. The lowest BCUT2D eigenvalue weighted by molar-refractivity contribution is -0.119. The smallest absolute Gasteiger partial charge is 0.227 e. The molecule has 0 spiro atoms. The second kappa shape index (κ2) is 16.4. The first-order valence-electron chi connectivity index (χ1n) is 10.6. The van der Waals surface area contributed by atoms with E-state index in [1.807, 2.05) is 45.0 Å². The highest BCUT2D eigenvalue weighted by molar-refractivity contribution is 14.0. The minimum atomic E-state index is 0. The number of aliphatic hydroxyl groups excluding tert-OH is 1. The number of anilines is 1. The van der Waals surface area contributed by atoms with Gasteiger partial charge in [0.05, 0.1) is 6.54 Å². The molecule has 4 N–H and O–H groups in total. The Labute approximate surface area is 193 Å². The van der Waals surface area contributed by atoms with Gasteiger partial charge in [-0.3, -0.25) is 4.79 Å². The summed E-state index contributed by atoms with van der Waals surface area (Å²) in [6.45, 7) is 10.5. The third kappa shape index (κ3) is 11.4. The van der Waals surface area contributed by atoms with Gasteiger partial charge in [-0.05, 0) is 49.8 Å². The maximum absolute atomic E-state index is 12.1. The number of carbonyl (C=O) groups is 1. The molecule has 0 aliphatic rings. The van der Waals surface area contributed by atoms with Gasteiger partial charge in [0.15, 0.2) is 5.96 Å². The number of hydrogen-bond acceptors (Lipinski definition) is 3. The maximum Gasteiger partial charge on any atom is 0.227 e. The Morgan fingerprint density at radius 1 is 1.17 bits per heavy atom. The lowest BCUT2D eigenvalue weighted by Crippen LogP contribution is -2.40. The molecule has 29 heavy (non-hydrogen) atoms. The van der Waals surface area contributed by atoms with Crippen molar-refractivity contribution in [1.82, 2.24) is 10.6 Å². The number of carbonyl (C=O) groups excluding carboxylic acids is 1. The van der Waals surface area contributed by atoms with Gasteiger partial charge in [0.2, 0.25) is 5.91 Å². The van der Waals surface area contributed by atoms with Crippen molar-refractivity contribution in [3.8, 4) is 0 Å². The highest BCUT2D eigenvalue weighted by Crippen LogP contribution is 2.14. The minimum absolute atomic E-state index is 0. The summed E-state index contributed by atoms with van der Waals surface area (Å²) in [5.74, 6) is 1.26. The fourth-order valence-electron chi connectivity index (χ4n) is 2.89. The number of aliphatic imine (C=N–C) groups is 1. The third-order valence-electron chi connectivity index (χ3n) is 4.81. The Morgan fingerprint density at radius 2 is 1.93 bits per heavy atom. The number of nitrogens with zero attached hydrogens (tertiary/aromatic N) is 1. The van der Waals surface area contributed by atoms with Crippen LogP contribution in [0.4, 0.5) is 5.69 Å². The van der Waals surface area contributed by atoms with E-state index in [2.05, 4.69) is 27.9 Å². The van der Waals surface area contributed by atoms with Crippen LogP contribution < -0.4 is 16.0 Å². The summed E-state index contributed by atoms with van der Waals surface area (Å²) in [7, 11) is 0. The van der Waals surface area contributed by atoms with Crippen LogP contribution in [0, 0.1) is 11.8 Å². The van der Waals surface area contributed by atoms with E-state index in [0.29, 0.717) is 12.5 Å². The van der Waals surface area contributed by atoms with E-state index in [9.17, 15) is 9.90 Å². The fraction of sp³-hybridized carbons (Fsp3) is 0.636. The molecule has 0 aliphatic carbocycles. The third-order valence-corrected chi connectivity index (χ3v) is 4.81. The molecule has 2 unspecified atom stereocenters. The fourth-order valence-corrected chi connectivity index (χ4v) is 2.89. The molecule has 1 rings (SSSR count). The van der Waals surface area contributed by atoms with Gasteiger partial charge in [0.1, 0.15) is 0 Å². The van der Waals surface area contributed by atoms with Crippen molar-refractivity contribution in [1.29, 1.82) is 0 Å². The first-order valence-corrected chi connectivity index (χ1v) is 10.6. The summed E-state index contributed by atoms with van der Waals surface area (Å²) in [5, 5.41) is 18.8. The molecule has 0 bridgehead atoms. The molecule has 1 aromatic rings. The van der Waals surface area contributed by atoms with Gasteiger partial charge >= 0.3 is 0 Å². The van der Waals surface area contributed by atoms with Gasteiger partial charge in [0.25, 0.3) is 0 Å². The molecule has 1 aromatic carbocycles. The number of aliphatic hydroxyl groups is 1. The summed E-state index contributed by atoms with van der Waals surface area (Å²) in [6.07, 6.45) is 3.82. The summed E-state index contributed by atoms with van der Waals surface area (Å²) >= 11 is 0. The van der Waals surface area contributed by atoms with Gasteiger partial charge in [-0.15, -0.1) is 24.0 Å². The molecule has 0 saturated carbocycles. The molecule has 166 valence electrons. The summed E-state index contributed by atoms with van der Waals surface area (Å²) < 4.78 is 0. The SMILES string of the molecule is CCCC(CCO)CNC(=NCc1cccc(NC(=O)C(C)CC)c1)NCC.I. The number of nitrogens with one attached hydrogen (secondary N) is 3. The molecule has 2 atom stereocenters. The lowest BCUT2D eigenvalue weighted by Gasteiger charge is -2.18. The Morgan fingerprint density at radius 3 is 2.55 bits per heavy atom. The number of hydrogen-bond donors (Lipinski definition) is 4. The van der Waals surface area contributed by atoms with Gasteiger partial charge in [-0.2, -0.15) is 0 Å². The highest BCUT2D eigenvalue weighted by Gasteiger charge is 2.11. The van der Waals surface area contributed by atoms with Crippen LogP contribution >= 0.6 is 24.0 Å². The molecular formula is C22H39IN4O2. The Bertz CT molecular complexity index is 604. The van der Waals surface area contributed by atoms with Crippen LogP contribution in [0.3, 0.4) is 0 Å². The first kappa shape index (κ1) is 27.6. The van der Waals surface area contributed by atoms with E-state index in [0.717, 1.165) is 56.0 Å². The average molecular weight is 518 g/mol.